The van der Waals surface area contributed by atoms with Gasteiger partial charge >= 0.3 is 0 Å². The molecule has 0 aliphatic heterocycles. The minimum Gasteiger partial charge on any atom is -0.496 e. The number of ether oxygens (including phenoxy) is 2. The number of H-pyrrole nitrogens is 1. The van der Waals surface area contributed by atoms with Crippen molar-refractivity contribution in [1.29, 1.82) is 0 Å². The number of anilines is 1. The third-order valence-corrected chi connectivity index (χ3v) is 2.58. The monoisotopic (exact) mass is 246 g/mol. The van der Waals surface area contributed by atoms with Gasteiger partial charge in [-0.05, 0) is 23.8 Å². The highest BCUT2D eigenvalue weighted by Crippen LogP contribution is 2.37. The summed E-state index contributed by atoms with van der Waals surface area (Å²) >= 11 is 0. The largest absolute Gasteiger partial charge is 0.496 e. The summed E-state index contributed by atoms with van der Waals surface area (Å²) in [6.07, 6.45) is 0. The molecule has 94 valence electrons. The van der Waals surface area contributed by atoms with Crippen LogP contribution in [0.4, 0.5) is 5.82 Å². The third kappa shape index (κ3) is 2.15. The zero-order chi connectivity index (χ0) is 13.1. The lowest BCUT2D eigenvalue weighted by molar-refractivity contribution is 0.397. The lowest BCUT2D eigenvalue weighted by Gasteiger charge is -2.13. The van der Waals surface area contributed by atoms with Crippen molar-refractivity contribution in [3.63, 3.8) is 0 Å². The Labute approximate surface area is 104 Å². The Balaban J connectivity index is 2.72. The normalized spacial score (nSPS) is 10.1. The van der Waals surface area contributed by atoms with E-state index in [9.17, 15) is 4.79 Å². The molecule has 0 aliphatic rings. The van der Waals surface area contributed by atoms with Crippen molar-refractivity contribution < 1.29 is 9.47 Å². The molecular weight excluding hydrogens is 232 g/mol. The molecule has 0 saturated carbocycles. The summed E-state index contributed by atoms with van der Waals surface area (Å²) in [5.41, 5.74) is 6.74. The van der Waals surface area contributed by atoms with Gasteiger partial charge in [0.2, 0.25) is 5.56 Å². The van der Waals surface area contributed by atoms with Crippen LogP contribution in [0, 0.1) is 0 Å². The first kappa shape index (κ1) is 12.0. The van der Waals surface area contributed by atoms with Gasteiger partial charge in [0, 0.05) is 6.07 Å². The molecule has 1 heterocycles. The first-order valence-corrected chi connectivity index (χ1v) is 5.37. The van der Waals surface area contributed by atoms with Gasteiger partial charge in [0.25, 0.3) is 0 Å². The Hall–Kier alpha value is -2.43. The zero-order valence-corrected chi connectivity index (χ0v) is 10.2. The predicted molar refractivity (Wildman–Crippen MR) is 70.0 cm³/mol. The first-order chi connectivity index (χ1) is 8.65. The molecule has 1 aromatic carbocycles. The highest BCUT2D eigenvalue weighted by Gasteiger charge is 2.13. The van der Waals surface area contributed by atoms with Gasteiger partial charge in [0.1, 0.15) is 17.3 Å². The number of hydrogen-bond donors (Lipinski definition) is 2. The molecule has 5 nitrogen and oxygen atoms in total. The molecule has 0 spiro atoms. The topological polar surface area (TPSA) is 77.3 Å². The molecule has 3 N–H and O–H groups in total. The van der Waals surface area contributed by atoms with Gasteiger partial charge in [-0.3, -0.25) is 4.79 Å². The maximum atomic E-state index is 11.5. The van der Waals surface area contributed by atoms with Gasteiger partial charge in [-0.15, -0.1) is 0 Å². The summed E-state index contributed by atoms with van der Waals surface area (Å²) in [6.45, 7) is 0. The van der Waals surface area contributed by atoms with Crippen molar-refractivity contribution in [2.75, 3.05) is 20.0 Å². The van der Waals surface area contributed by atoms with Crippen molar-refractivity contribution in [3.8, 4) is 22.6 Å². The molecule has 2 rings (SSSR count). The quantitative estimate of drug-likeness (QED) is 0.863. The average Bonchev–Trinajstić information content (AvgIpc) is 2.36. The molecular formula is C13H14N2O3. The molecule has 0 amide bonds. The molecule has 0 atom stereocenters. The van der Waals surface area contributed by atoms with Crippen LogP contribution in [0.1, 0.15) is 0 Å². The maximum Gasteiger partial charge on any atom is 0.250 e. The fourth-order valence-electron chi connectivity index (χ4n) is 1.84. The fraction of sp³-hybridized carbons (Fsp3) is 0.154. The molecule has 0 unspecified atom stereocenters. The smallest absolute Gasteiger partial charge is 0.250 e. The summed E-state index contributed by atoms with van der Waals surface area (Å²) in [5, 5.41) is 0. The van der Waals surface area contributed by atoms with E-state index >= 15 is 0 Å². The molecule has 0 fully saturated rings. The number of hydrogen-bond acceptors (Lipinski definition) is 4. The summed E-state index contributed by atoms with van der Waals surface area (Å²) in [7, 11) is 3.13. The number of rotatable bonds is 3. The lowest BCUT2D eigenvalue weighted by Crippen LogP contribution is -2.08. The van der Waals surface area contributed by atoms with Crippen LogP contribution in [-0.2, 0) is 0 Å². The highest BCUT2D eigenvalue weighted by atomic mass is 16.5. The third-order valence-electron chi connectivity index (χ3n) is 2.58. The highest BCUT2D eigenvalue weighted by molar-refractivity contribution is 5.77. The number of methoxy groups -OCH3 is 2. The van der Waals surface area contributed by atoms with E-state index in [0.717, 1.165) is 0 Å². The first-order valence-electron chi connectivity index (χ1n) is 5.37. The van der Waals surface area contributed by atoms with Gasteiger partial charge in [0.15, 0.2) is 0 Å². The van der Waals surface area contributed by atoms with Gasteiger partial charge in [-0.1, -0.05) is 6.07 Å². The molecule has 0 saturated heterocycles. The van der Waals surface area contributed by atoms with Crippen LogP contribution in [0.2, 0.25) is 0 Å². The van der Waals surface area contributed by atoms with Gasteiger partial charge in [-0.2, -0.15) is 0 Å². The molecule has 5 heteroatoms. The van der Waals surface area contributed by atoms with Crippen LogP contribution in [0.25, 0.3) is 11.1 Å². The Morgan fingerprint density at radius 3 is 2.22 bits per heavy atom. The van der Waals surface area contributed by atoms with E-state index in [4.69, 9.17) is 15.2 Å². The fourth-order valence-corrected chi connectivity index (χ4v) is 1.84. The average molecular weight is 246 g/mol. The Morgan fingerprint density at radius 2 is 1.72 bits per heavy atom. The predicted octanol–water partition coefficient (Wildman–Crippen LogP) is 1.64. The molecule has 1 aromatic heterocycles. The Kier molecular flexibility index (Phi) is 3.23. The van der Waals surface area contributed by atoms with Crippen molar-refractivity contribution in [2.24, 2.45) is 0 Å². The number of nitrogen functional groups attached to an aromatic ring is 1. The van der Waals surface area contributed by atoms with Crippen LogP contribution in [0.3, 0.4) is 0 Å². The van der Waals surface area contributed by atoms with Crippen LogP contribution < -0.4 is 20.8 Å². The number of nitrogens with two attached hydrogens (primary N) is 1. The summed E-state index contributed by atoms with van der Waals surface area (Å²) in [4.78, 5) is 14.0. The van der Waals surface area contributed by atoms with E-state index in [1.165, 1.54) is 6.07 Å². The molecule has 2 aromatic rings. The second-order valence-electron chi connectivity index (χ2n) is 3.73. The van der Waals surface area contributed by atoms with Crippen LogP contribution in [0.15, 0.2) is 35.1 Å². The second-order valence-corrected chi connectivity index (χ2v) is 3.73. The van der Waals surface area contributed by atoms with E-state index in [-0.39, 0.29) is 5.56 Å². The van der Waals surface area contributed by atoms with Gasteiger partial charge in [-0.25, -0.2) is 0 Å². The second kappa shape index (κ2) is 4.83. The Bertz CT molecular complexity index is 598. The summed E-state index contributed by atoms with van der Waals surface area (Å²) < 4.78 is 10.6. The van der Waals surface area contributed by atoms with E-state index in [2.05, 4.69) is 4.98 Å². The lowest BCUT2D eigenvalue weighted by atomic mass is 10.0. The molecule has 0 aliphatic carbocycles. The minimum atomic E-state index is -0.266. The van der Waals surface area contributed by atoms with E-state index in [1.54, 1.807) is 32.4 Å². The number of benzene rings is 1. The number of nitrogens with one attached hydrogen (secondary N) is 1. The summed E-state index contributed by atoms with van der Waals surface area (Å²) in [6, 6.07) is 8.54. The van der Waals surface area contributed by atoms with E-state index in [0.29, 0.717) is 28.4 Å². The maximum absolute atomic E-state index is 11.5. The van der Waals surface area contributed by atoms with Crippen LogP contribution >= 0.6 is 0 Å². The van der Waals surface area contributed by atoms with Crippen molar-refractivity contribution >= 4 is 5.82 Å². The van der Waals surface area contributed by atoms with Crippen molar-refractivity contribution in [1.82, 2.24) is 4.98 Å². The number of aromatic nitrogens is 1. The standard InChI is InChI=1S/C13H14N2O3/c1-17-9-4-3-5-10(18-2)13(9)8-6-11(14)15-12(16)7-8/h3-7H,1-2H3,(H3,14,15,16). The van der Waals surface area contributed by atoms with Gasteiger partial charge < -0.3 is 20.2 Å². The molecule has 0 bridgehead atoms. The van der Waals surface area contributed by atoms with Gasteiger partial charge in [0.05, 0.1) is 19.8 Å². The zero-order valence-electron chi connectivity index (χ0n) is 10.2. The van der Waals surface area contributed by atoms with E-state index < -0.39 is 0 Å². The molecule has 18 heavy (non-hydrogen) atoms. The summed E-state index contributed by atoms with van der Waals surface area (Å²) in [5.74, 6) is 1.55. The number of aromatic amines is 1. The van der Waals surface area contributed by atoms with E-state index in [1.807, 2.05) is 6.07 Å². The van der Waals surface area contributed by atoms with Crippen LogP contribution in [-0.4, -0.2) is 19.2 Å². The SMILES string of the molecule is COc1cccc(OC)c1-c1cc(N)[nH]c(=O)c1. The Morgan fingerprint density at radius 1 is 1.11 bits per heavy atom. The van der Waals surface area contributed by atoms with Crippen molar-refractivity contribution in [3.05, 3.63) is 40.7 Å². The van der Waals surface area contributed by atoms with Crippen LogP contribution in [0.5, 0.6) is 11.5 Å². The number of pyridine rings is 1. The van der Waals surface area contributed by atoms with Crippen molar-refractivity contribution in [2.45, 2.75) is 0 Å². The molecule has 0 radical (unpaired) electrons. The minimum absolute atomic E-state index is 0.266.